The molecule has 0 bridgehead atoms. The van der Waals surface area contributed by atoms with Crippen molar-refractivity contribution in [2.45, 2.75) is 32.2 Å². The molecule has 3 N–H and O–H groups in total. The number of ether oxygens (including phenoxy) is 1. The zero-order chi connectivity index (χ0) is 16.1. The number of rotatable bonds is 7. The third-order valence-electron chi connectivity index (χ3n) is 3.62. The van der Waals surface area contributed by atoms with Crippen LogP contribution in [0.4, 0.5) is 0 Å². The van der Waals surface area contributed by atoms with Gasteiger partial charge in [0.15, 0.2) is 0 Å². The van der Waals surface area contributed by atoms with E-state index in [0.29, 0.717) is 19.4 Å². The van der Waals surface area contributed by atoms with Gasteiger partial charge in [-0.25, -0.2) is 13.1 Å². The van der Waals surface area contributed by atoms with Crippen LogP contribution in [-0.2, 0) is 19.6 Å². The van der Waals surface area contributed by atoms with Crippen molar-refractivity contribution in [3.05, 3.63) is 0 Å². The summed E-state index contributed by atoms with van der Waals surface area (Å²) in [4.78, 5) is 12.5. The predicted octanol–water partition coefficient (Wildman–Crippen LogP) is -0.553. The Morgan fingerprint density at radius 1 is 1.33 bits per heavy atom. The molecule has 0 unspecified atom stereocenters. The third-order valence-corrected chi connectivity index (χ3v) is 4.54. The summed E-state index contributed by atoms with van der Waals surface area (Å²) in [7, 11) is -1.73. The van der Waals surface area contributed by atoms with Gasteiger partial charge in [0.25, 0.3) is 0 Å². The molecule has 0 radical (unpaired) electrons. The van der Waals surface area contributed by atoms with Gasteiger partial charge in [0.2, 0.25) is 15.9 Å². The summed E-state index contributed by atoms with van der Waals surface area (Å²) in [6.07, 6.45) is 2.54. The summed E-state index contributed by atoms with van der Waals surface area (Å²) >= 11 is 0. The van der Waals surface area contributed by atoms with Crippen molar-refractivity contribution in [2.24, 2.45) is 5.41 Å². The maximum Gasteiger partial charge on any atom is 0.228 e. The van der Waals surface area contributed by atoms with Gasteiger partial charge in [0.05, 0.1) is 18.3 Å². The van der Waals surface area contributed by atoms with Crippen LogP contribution in [0.3, 0.4) is 0 Å². The first-order chi connectivity index (χ1) is 9.60. The lowest BCUT2D eigenvalue weighted by Gasteiger charge is -2.36. The maximum absolute atomic E-state index is 12.5. The first kappa shape index (κ1) is 18.3. The zero-order valence-corrected chi connectivity index (χ0v) is 14.1. The molecular weight excluding hydrogens is 294 g/mol. The van der Waals surface area contributed by atoms with Crippen molar-refractivity contribution >= 4 is 15.9 Å². The second kappa shape index (κ2) is 7.04. The maximum atomic E-state index is 12.5. The van der Waals surface area contributed by atoms with E-state index in [1.165, 1.54) is 0 Å². The van der Waals surface area contributed by atoms with E-state index in [2.05, 4.69) is 15.4 Å². The second-order valence-corrected chi connectivity index (χ2v) is 8.15. The van der Waals surface area contributed by atoms with E-state index in [1.807, 2.05) is 0 Å². The molecule has 1 fully saturated rings. The molecule has 0 aliphatic carbocycles. The lowest BCUT2D eigenvalue weighted by atomic mass is 9.78. The molecule has 0 aromatic carbocycles. The van der Waals surface area contributed by atoms with Crippen molar-refractivity contribution < 1.29 is 17.9 Å². The first-order valence-electron chi connectivity index (χ1n) is 7.07. The van der Waals surface area contributed by atoms with E-state index in [4.69, 9.17) is 4.74 Å². The molecular formula is C13H27N3O4S. The fraction of sp³-hybridized carbons (Fsp3) is 0.923. The van der Waals surface area contributed by atoms with E-state index in [9.17, 15) is 13.2 Å². The largest absolute Gasteiger partial charge is 0.384 e. The molecule has 0 aromatic heterocycles. The standard InChI is InChI=1S/C13H27N3O4S/c1-12(2,16-21(4,18)19)9-15-11(17)13(10-20-3)5-7-14-8-6-13/h14,16H,5-10H2,1-4H3,(H,15,17). The quantitative estimate of drug-likeness (QED) is 0.584. The second-order valence-electron chi connectivity index (χ2n) is 6.40. The molecule has 8 heteroatoms. The van der Waals surface area contributed by atoms with Crippen LogP contribution in [0.2, 0.25) is 0 Å². The minimum Gasteiger partial charge on any atom is -0.384 e. The fourth-order valence-electron chi connectivity index (χ4n) is 2.65. The molecule has 1 amide bonds. The molecule has 0 aromatic rings. The average Bonchev–Trinajstić information content (AvgIpc) is 2.34. The minimum absolute atomic E-state index is 0.0748. The Balaban J connectivity index is 2.65. The van der Waals surface area contributed by atoms with Crippen LogP contribution >= 0.6 is 0 Å². The molecule has 0 atom stereocenters. The van der Waals surface area contributed by atoms with Gasteiger partial charge in [-0.1, -0.05) is 0 Å². The predicted molar refractivity (Wildman–Crippen MR) is 81.5 cm³/mol. The van der Waals surface area contributed by atoms with Crippen LogP contribution in [0.15, 0.2) is 0 Å². The van der Waals surface area contributed by atoms with Gasteiger partial charge in [-0.05, 0) is 39.8 Å². The summed E-state index contributed by atoms with van der Waals surface area (Å²) in [5.41, 5.74) is -1.26. The van der Waals surface area contributed by atoms with Gasteiger partial charge < -0.3 is 15.4 Å². The van der Waals surface area contributed by atoms with Crippen molar-refractivity contribution in [2.75, 3.05) is 39.6 Å². The molecule has 124 valence electrons. The lowest BCUT2D eigenvalue weighted by Crippen LogP contribution is -2.56. The number of hydrogen-bond acceptors (Lipinski definition) is 5. The van der Waals surface area contributed by atoms with Crippen molar-refractivity contribution in [3.8, 4) is 0 Å². The van der Waals surface area contributed by atoms with Crippen LogP contribution < -0.4 is 15.4 Å². The highest BCUT2D eigenvalue weighted by Gasteiger charge is 2.40. The van der Waals surface area contributed by atoms with Gasteiger partial charge in [0.1, 0.15) is 0 Å². The first-order valence-corrected chi connectivity index (χ1v) is 8.96. The van der Waals surface area contributed by atoms with Crippen LogP contribution in [-0.4, -0.2) is 59.5 Å². The summed E-state index contributed by atoms with van der Waals surface area (Å²) in [6.45, 7) is 5.64. The molecule has 21 heavy (non-hydrogen) atoms. The fourth-order valence-corrected chi connectivity index (χ4v) is 3.72. The molecule has 7 nitrogen and oxygen atoms in total. The lowest BCUT2D eigenvalue weighted by molar-refractivity contribution is -0.136. The normalized spacial score (nSPS) is 19.2. The Labute approximate surface area is 127 Å². The number of sulfonamides is 1. The van der Waals surface area contributed by atoms with Gasteiger partial charge >= 0.3 is 0 Å². The highest BCUT2D eigenvalue weighted by atomic mass is 32.2. The summed E-state index contributed by atoms with van der Waals surface area (Å²) < 4.78 is 30.3. The number of methoxy groups -OCH3 is 1. The van der Waals surface area contributed by atoms with Crippen molar-refractivity contribution in [3.63, 3.8) is 0 Å². The van der Waals surface area contributed by atoms with Crippen LogP contribution in [0.25, 0.3) is 0 Å². The number of carbonyl (C=O) groups excluding carboxylic acids is 1. The average molecular weight is 321 g/mol. The van der Waals surface area contributed by atoms with Crippen molar-refractivity contribution in [1.29, 1.82) is 0 Å². The molecule has 1 aliphatic rings. The summed E-state index contributed by atoms with van der Waals surface area (Å²) in [5.74, 6) is -0.0748. The van der Waals surface area contributed by atoms with E-state index in [-0.39, 0.29) is 12.5 Å². The molecule has 0 saturated carbocycles. The molecule has 1 aliphatic heterocycles. The number of nitrogens with one attached hydrogen (secondary N) is 3. The Hall–Kier alpha value is -0.700. The van der Waals surface area contributed by atoms with Gasteiger partial charge in [-0.15, -0.1) is 0 Å². The van der Waals surface area contributed by atoms with E-state index in [1.54, 1.807) is 21.0 Å². The molecule has 1 saturated heterocycles. The zero-order valence-electron chi connectivity index (χ0n) is 13.3. The number of carbonyl (C=O) groups is 1. The number of amides is 1. The smallest absolute Gasteiger partial charge is 0.228 e. The number of piperidine rings is 1. The molecule has 0 spiro atoms. The highest BCUT2D eigenvalue weighted by Crippen LogP contribution is 2.29. The van der Waals surface area contributed by atoms with Crippen molar-refractivity contribution in [1.82, 2.24) is 15.4 Å². The summed E-state index contributed by atoms with van der Waals surface area (Å²) in [6, 6.07) is 0. The third kappa shape index (κ3) is 5.90. The Morgan fingerprint density at radius 2 is 1.90 bits per heavy atom. The SMILES string of the molecule is COCC1(C(=O)NCC(C)(C)NS(C)(=O)=O)CCNCC1. The van der Waals surface area contributed by atoms with Gasteiger partial charge in [-0.3, -0.25) is 4.79 Å². The van der Waals surface area contributed by atoms with Crippen LogP contribution in [0, 0.1) is 5.41 Å². The summed E-state index contributed by atoms with van der Waals surface area (Å²) in [5, 5.41) is 6.10. The van der Waals surface area contributed by atoms with Crippen LogP contribution in [0.5, 0.6) is 0 Å². The molecule has 1 heterocycles. The van der Waals surface area contributed by atoms with E-state index >= 15 is 0 Å². The Bertz CT molecular complexity index is 451. The minimum atomic E-state index is -3.32. The number of hydrogen-bond donors (Lipinski definition) is 3. The topological polar surface area (TPSA) is 96.5 Å². The Morgan fingerprint density at radius 3 is 2.38 bits per heavy atom. The van der Waals surface area contributed by atoms with Gasteiger partial charge in [0, 0.05) is 19.2 Å². The van der Waals surface area contributed by atoms with E-state index in [0.717, 1.165) is 19.3 Å². The van der Waals surface area contributed by atoms with Gasteiger partial charge in [-0.2, -0.15) is 0 Å². The van der Waals surface area contributed by atoms with Crippen LogP contribution in [0.1, 0.15) is 26.7 Å². The monoisotopic (exact) mass is 321 g/mol. The Kier molecular flexibility index (Phi) is 6.15. The van der Waals surface area contributed by atoms with E-state index < -0.39 is 21.0 Å². The molecule has 1 rings (SSSR count). The highest BCUT2D eigenvalue weighted by molar-refractivity contribution is 7.88.